The molecule has 0 unspecified atom stereocenters. The lowest BCUT2D eigenvalue weighted by molar-refractivity contribution is 0.0977. The fourth-order valence-corrected chi connectivity index (χ4v) is 2.57. The van der Waals surface area contributed by atoms with Crippen LogP contribution in [0, 0.1) is 0 Å². The molecule has 3 aromatic rings. The zero-order valence-corrected chi connectivity index (χ0v) is 15.1. The average molecular weight is 384 g/mol. The highest BCUT2D eigenvalue weighted by molar-refractivity contribution is 7.80. The van der Waals surface area contributed by atoms with E-state index in [4.69, 9.17) is 28.6 Å². The smallest absolute Gasteiger partial charge is 0.260 e. The third-order valence-corrected chi connectivity index (χ3v) is 3.81. The van der Waals surface area contributed by atoms with E-state index in [-0.39, 0.29) is 15.8 Å². The largest absolute Gasteiger partial charge is 0.457 e. The van der Waals surface area contributed by atoms with Crippen LogP contribution in [0.3, 0.4) is 0 Å². The number of thiocarbonyl (C=S) groups is 1. The Hall–Kier alpha value is -2.96. The quantitative estimate of drug-likeness (QED) is 0.507. The SMILES string of the molecule is O=C(NC(=S)Nc1cccc(Oc2ccccc2)c1)c1cccnc1Cl. The number of benzene rings is 2. The number of carbonyl (C=O) groups is 1. The van der Waals surface area contributed by atoms with Gasteiger partial charge in [-0.2, -0.15) is 0 Å². The van der Waals surface area contributed by atoms with E-state index >= 15 is 0 Å². The molecule has 7 heteroatoms. The summed E-state index contributed by atoms with van der Waals surface area (Å²) < 4.78 is 5.77. The van der Waals surface area contributed by atoms with Crippen LogP contribution < -0.4 is 15.4 Å². The summed E-state index contributed by atoms with van der Waals surface area (Å²) in [5.74, 6) is 0.940. The van der Waals surface area contributed by atoms with Gasteiger partial charge < -0.3 is 10.1 Å². The maximum absolute atomic E-state index is 12.2. The van der Waals surface area contributed by atoms with Crippen LogP contribution in [0.1, 0.15) is 10.4 Å². The first-order valence-corrected chi connectivity index (χ1v) is 8.46. The number of anilines is 1. The number of nitrogens with one attached hydrogen (secondary N) is 2. The van der Waals surface area contributed by atoms with E-state index in [0.29, 0.717) is 11.4 Å². The molecule has 0 saturated heterocycles. The average Bonchev–Trinajstić information content (AvgIpc) is 2.63. The highest BCUT2D eigenvalue weighted by atomic mass is 35.5. The van der Waals surface area contributed by atoms with Crippen molar-refractivity contribution in [3.8, 4) is 11.5 Å². The number of para-hydroxylation sites is 1. The van der Waals surface area contributed by atoms with Crippen LogP contribution in [0.15, 0.2) is 72.9 Å². The van der Waals surface area contributed by atoms with Gasteiger partial charge in [0.1, 0.15) is 16.7 Å². The van der Waals surface area contributed by atoms with Crippen molar-refractivity contribution < 1.29 is 9.53 Å². The molecule has 0 atom stereocenters. The van der Waals surface area contributed by atoms with Gasteiger partial charge in [0.15, 0.2) is 5.11 Å². The minimum Gasteiger partial charge on any atom is -0.457 e. The highest BCUT2D eigenvalue weighted by Gasteiger charge is 2.12. The van der Waals surface area contributed by atoms with Crippen molar-refractivity contribution in [2.75, 3.05) is 5.32 Å². The van der Waals surface area contributed by atoms with Crippen LogP contribution >= 0.6 is 23.8 Å². The zero-order valence-electron chi connectivity index (χ0n) is 13.5. The Morgan fingerprint density at radius 2 is 1.77 bits per heavy atom. The number of nitrogens with zero attached hydrogens (tertiary/aromatic N) is 1. The lowest BCUT2D eigenvalue weighted by Crippen LogP contribution is -2.34. The van der Waals surface area contributed by atoms with Crippen LogP contribution in [0.2, 0.25) is 5.15 Å². The van der Waals surface area contributed by atoms with Gasteiger partial charge in [-0.1, -0.05) is 35.9 Å². The predicted molar refractivity (Wildman–Crippen MR) is 106 cm³/mol. The first-order valence-electron chi connectivity index (χ1n) is 7.67. The third-order valence-electron chi connectivity index (χ3n) is 3.30. The summed E-state index contributed by atoms with van der Waals surface area (Å²) >= 11 is 11.1. The van der Waals surface area contributed by atoms with Crippen molar-refractivity contribution >= 4 is 40.5 Å². The molecule has 130 valence electrons. The van der Waals surface area contributed by atoms with Crippen molar-refractivity contribution in [3.05, 3.63) is 83.6 Å². The van der Waals surface area contributed by atoms with Crippen molar-refractivity contribution in [2.24, 2.45) is 0 Å². The molecular formula is C19H14ClN3O2S. The van der Waals surface area contributed by atoms with Gasteiger partial charge in [0.25, 0.3) is 5.91 Å². The minimum absolute atomic E-state index is 0.117. The van der Waals surface area contributed by atoms with E-state index < -0.39 is 5.91 Å². The molecular weight excluding hydrogens is 370 g/mol. The molecule has 0 bridgehead atoms. The maximum Gasteiger partial charge on any atom is 0.260 e. The van der Waals surface area contributed by atoms with Gasteiger partial charge in [-0.25, -0.2) is 4.98 Å². The Morgan fingerprint density at radius 1 is 1.00 bits per heavy atom. The van der Waals surface area contributed by atoms with Crippen molar-refractivity contribution in [3.63, 3.8) is 0 Å². The van der Waals surface area contributed by atoms with Crippen LogP contribution in [0.5, 0.6) is 11.5 Å². The third kappa shape index (κ3) is 4.78. The van der Waals surface area contributed by atoms with Gasteiger partial charge in [0.05, 0.1) is 5.56 Å². The van der Waals surface area contributed by atoms with Gasteiger partial charge >= 0.3 is 0 Å². The van der Waals surface area contributed by atoms with Gasteiger partial charge in [-0.15, -0.1) is 0 Å². The standard InChI is InChI=1S/C19H14ClN3O2S/c20-17-16(10-5-11-21-17)18(24)23-19(26)22-13-6-4-9-15(12-13)25-14-7-2-1-3-8-14/h1-12H,(H2,22,23,24,26). The second kappa shape index (κ2) is 8.42. The molecule has 1 heterocycles. The molecule has 0 saturated carbocycles. The number of halogens is 1. The zero-order chi connectivity index (χ0) is 18.4. The summed E-state index contributed by atoms with van der Waals surface area (Å²) in [6, 6.07) is 19.9. The van der Waals surface area contributed by atoms with Crippen LogP contribution in [0.4, 0.5) is 5.69 Å². The summed E-state index contributed by atoms with van der Waals surface area (Å²) in [6.07, 6.45) is 1.51. The fraction of sp³-hybridized carbons (Fsp3) is 0. The molecule has 1 amide bonds. The fourth-order valence-electron chi connectivity index (χ4n) is 2.15. The van der Waals surface area contributed by atoms with Gasteiger partial charge in [0.2, 0.25) is 0 Å². The monoisotopic (exact) mass is 383 g/mol. The van der Waals surface area contributed by atoms with Gasteiger partial charge in [-0.05, 0) is 48.6 Å². The molecule has 0 aliphatic rings. The Morgan fingerprint density at radius 3 is 2.54 bits per heavy atom. The van der Waals surface area contributed by atoms with E-state index in [0.717, 1.165) is 5.75 Å². The molecule has 0 spiro atoms. The number of aromatic nitrogens is 1. The molecule has 3 rings (SSSR count). The number of carbonyl (C=O) groups excluding carboxylic acids is 1. The molecule has 0 aliphatic heterocycles. The molecule has 2 N–H and O–H groups in total. The highest BCUT2D eigenvalue weighted by Crippen LogP contribution is 2.23. The maximum atomic E-state index is 12.2. The molecule has 26 heavy (non-hydrogen) atoms. The lowest BCUT2D eigenvalue weighted by atomic mass is 10.2. The topological polar surface area (TPSA) is 63.2 Å². The number of rotatable bonds is 4. The second-order valence-corrected chi connectivity index (χ2v) is 5.96. The van der Waals surface area contributed by atoms with E-state index in [1.165, 1.54) is 6.20 Å². The Kier molecular flexibility index (Phi) is 5.78. The number of amides is 1. The normalized spacial score (nSPS) is 10.0. The summed E-state index contributed by atoms with van der Waals surface area (Å²) in [7, 11) is 0. The molecule has 0 aliphatic carbocycles. The van der Waals surface area contributed by atoms with Crippen LogP contribution in [-0.2, 0) is 0 Å². The summed E-state index contributed by atoms with van der Waals surface area (Å²) in [6.45, 7) is 0. The summed E-state index contributed by atoms with van der Waals surface area (Å²) in [5.41, 5.74) is 0.931. The second-order valence-electron chi connectivity index (χ2n) is 5.19. The van der Waals surface area contributed by atoms with E-state index in [9.17, 15) is 4.79 Å². The molecule has 0 radical (unpaired) electrons. The van der Waals surface area contributed by atoms with E-state index in [2.05, 4.69) is 15.6 Å². The lowest BCUT2D eigenvalue weighted by Gasteiger charge is -2.11. The Balaban J connectivity index is 1.63. The van der Waals surface area contributed by atoms with Crippen molar-refractivity contribution in [2.45, 2.75) is 0 Å². The number of ether oxygens (including phenoxy) is 1. The van der Waals surface area contributed by atoms with Gasteiger partial charge in [0, 0.05) is 18.0 Å². The molecule has 1 aromatic heterocycles. The molecule has 0 fully saturated rings. The van der Waals surface area contributed by atoms with Crippen LogP contribution in [0.25, 0.3) is 0 Å². The van der Waals surface area contributed by atoms with Crippen LogP contribution in [-0.4, -0.2) is 16.0 Å². The number of pyridine rings is 1. The Bertz CT molecular complexity index is 935. The van der Waals surface area contributed by atoms with Crippen molar-refractivity contribution in [1.29, 1.82) is 0 Å². The molecule has 5 nitrogen and oxygen atoms in total. The van der Waals surface area contributed by atoms with E-state index in [1.807, 2.05) is 48.5 Å². The number of hydrogen-bond donors (Lipinski definition) is 2. The number of hydrogen-bond acceptors (Lipinski definition) is 4. The predicted octanol–water partition coefficient (Wildman–Crippen LogP) is 4.65. The summed E-state index contributed by atoms with van der Waals surface area (Å²) in [5, 5.41) is 5.78. The minimum atomic E-state index is -0.433. The first-order chi connectivity index (χ1) is 12.6. The first kappa shape index (κ1) is 17.8. The Labute approximate surface area is 161 Å². The molecule has 2 aromatic carbocycles. The van der Waals surface area contributed by atoms with Crippen molar-refractivity contribution in [1.82, 2.24) is 10.3 Å². The van der Waals surface area contributed by atoms with Gasteiger partial charge in [-0.3, -0.25) is 10.1 Å². The van der Waals surface area contributed by atoms with E-state index in [1.54, 1.807) is 18.2 Å². The summed E-state index contributed by atoms with van der Waals surface area (Å²) in [4.78, 5) is 16.1.